The number of carbonyl (C=O) groups is 2. The molecule has 17 heteroatoms. The van der Waals surface area contributed by atoms with E-state index in [0.717, 1.165) is 36.4 Å². The molecule has 2 aromatic carbocycles. The van der Waals surface area contributed by atoms with E-state index in [2.05, 4.69) is 0 Å². The summed E-state index contributed by atoms with van der Waals surface area (Å²) < 4.78 is 0. The van der Waals surface area contributed by atoms with E-state index in [9.17, 15) is 60.3 Å². The number of nitro benzene ring substituents is 4. The van der Waals surface area contributed by atoms with Crippen LogP contribution in [0.3, 0.4) is 0 Å². The summed E-state index contributed by atoms with van der Waals surface area (Å²) in [4.78, 5) is 58.3. The van der Waals surface area contributed by atoms with Crippen molar-refractivity contribution in [2.45, 2.75) is 0 Å². The van der Waals surface area contributed by atoms with Crippen molar-refractivity contribution in [2.24, 2.45) is 0 Å². The first kappa shape index (κ1) is 27.6. The molecule has 0 bridgehead atoms. The maximum Gasteiger partial charge on any atom is 2.00 e. The second kappa shape index (κ2) is 11.7. The molecule has 0 saturated heterocycles. The van der Waals surface area contributed by atoms with E-state index in [1.807, 2.05) is 0 Å². The average molecular weight is 560 g/mol. The Hall–Kier alpha value is -3.45. The number of carboxylic acid groups (broad SMARTS) is 2. The normalized spacial score (nSPS) is 9.29. The molecule has 0 amide bonds. The summed E-state index contributed by atoms with van der Waals surface area (Å²) >= 11 is 0. The van der Waals surface area contributed by atoms with Crippen molar-refractivity contribution in [2.75, 3.05) is 0 Å². The maximum absolute atomic E-state index is 10.5. The van der Waals surface area contributed by atoms with Gasteiger partial charge in [0.2, 0.25) is 0 Å². The Labute approximate surface area is 209 Å². The molecule has 2 aromatic rings. The van der Waals surface area contributed by atoms with E-state index >= 15 is 0 Å². The molecule has 0 aromatic heterocycles. The molecule has 0 aliphatic carbocycles. The average Bonchev–Trinajstić information content (AvgIpc) is 2.66. The van der Waals surface area contributed by atoms with Gasteiger partial charge in [0.1, 0.15) is 0 Å². The van der Waals surface area contributed by atoms with Gasteiger partial charge in [-0.3, -0.25) is 40.5 Å². The molecule has 0 aliphatic heterocycles. The number of nitro groups is 4. The van der Waals surface area contributed by atoms with Crippen molar-refractivity contribution in [3.8, 4) is 0 Å². The smallest absolute Gasteiger partial charge is 0.545 e. The van der Waals surface area contributed by atoms with Crippen LogP contribution in [0.5, 0.6) is 0 Å². The molecule has 2 rings (SSSR count). The number of carboxylic acids is 2. The van der Waals surface area contributed by atoms with Gasteiger partial charge in [-0.15, -0.1) is 0 Å². The second-order valence-corrected chi connectivity index (χ2v) is 4.95. The Morgan fingerprint density at radius 1 is 0.581 bits per heavy atom. The van der Waals surface area contributed by atoms with Gasteiger partial charge in [0.15, 0.2) is 0 Å². The summed E-state index contributed by atoms with van der Waals surface area (Å²) in [6.07, 6.45) is 0. The van der Waals surface area contributed by atoms with Crippen molar-refractivity contribution >= 4 is 83.6 Å². The fraction of sp³-hybridized carbons (Fsp3) is 0. The number of nitrogens with zero attached hydrogens (tertiary/aromatic N) is 4. The number of hydrogen-bond donors (Lipinski definition) is 0. The minimum Gasteiger partial charge on any atom is -0.545 e. The molecular formula is C14H6BaN4O12. The minimum atomic E-state index is -1.83. The predicted molar refractivity (Wildman–Crippen MR) is 93.9 cm³/mol. The standard InChI is InChI=1S/2C7H4N2O6.Ba/c2*10-7(11)4-2-1-3-5(8(12)13)6(4)9(14)15;/h2*1-3H,(H,10,11);/q;;+2/p-2. The summed E-state index contributed by atoms with van der Waals surface area (Å²) in [5.41, 5.74) is -5.50. The van der Waals surface area contributed by atoms with E-state index in [1.165, 1.54) is 0 Å². The van der Waals surface area contributed by atoms with Crippen LogP contribution in [-0.2, 0) is 0 Å². The number of aromatic carboxylic acids is 2. The first-order chi connectivity index (χ1) is 13.9. The van der Waals surface area contributed by atoms with E-state index < -0.39 is 65.5 Å². The fourth-order valence-electron chi connectivity index (χ4n) is 2.07. The molecule has 0 radical (unpaired) electrons. The molecule has 156 valence electrons. The second-order valence-electron chi connectivity index (χ2n) is 4.95. The third-order valence-electron chi connectivity index (χ3n) is 3.23. The van der Waals surface area contributed by atoms with E-state index in [-0.39, 0.29) is 48.9 Å². The molecule has 0 saturated carbocycles. The SMILES string of the molecule is O=C([O-])c1cccc([N+](=O)[O-])c1[N+](=O)[O-].O=C([O-])c1cccc([N+](=O)[O-])c1[N+](=O)[O-].[Ba+2]. The minimum absolute atomic E-state index is 0. The molecule has 0 atom stereocenters. The Kier molecular flexibility index (Phi) is 10.4. The summed E-state index contributed by atoms with van der Waals surface area (Å²) in [6, 6.07) is 5.53. The third kappa shape index (κ3) is 6.79. The molecule has 16 nitrogen and oxygen atoms in total. The molecule has 0 heterocycles. The Bertz CT molecular complexity index is 937. The van der Waals surface area contributed by atoms with Crippen molar-refractivity contribution in [1.29, 1.82) is 0 Å². The summed E-state index contributed by atoms with van der Waals surface area (Å²) in [5, 5.41) is 62.6. The molecule has 0 N–H and O–H groups in total. The van der Waals surface area contributed by atoms with Crippen LogP contribution in [0.15, 0.2) is 36.4 Å². The quantitative estimate of drug-likeness (QED) is 0.243. The number of rotatable bonds is 6. The van der Waals surface area contributed by atoms with E-state index in [1.54, 1.807) is 0 Å². The van der Waals surface area contributed by atoms with Gasteiger partial charge in [-0.1, -0.05) is 12.1 Å². The van der Waals surface area contributed by atoms with Crippen LogP contribution in [0.1, 0.15) is 20.7 Å². The van der Waals surface area contributed by atoms with E-state index in [0.29, 0.717) is 0 Å². The molecule has 0 unspecified atom stereocenters. The van der Waals surface area contributed by atoms with Gasteiger partial charge >= 0.3 is 71.6 Å². The molecule has 0 spiro atoms. The first-order valence-corrected chi connectivity index (χ1v) is 7.16. The van der Waals surface area contributed by atoms with Crippen LogP contribution in [-0.4, -0.2) is 80.5 Å². The summed E-state index contributed by atoms with van der Waals surface area (Å²) in [7, 11) is 0. The fourth-order valence-corrected chi connectivity index (χ4v) is 2.07. The van der Waals surface area contributed by atoms with Crippen LogP contribution in [0.25, 0.3) is 0 Å². The van der Waals surface area contributed by atoms with Crippen LogP contribution >= 0.6 is 0 Å². The van der Waals surface area contributed by atoms with Crippen LogP contribution in [0.2, 0.25) is 0 Å². The van der Waals surface area contributed by atoms with Gasteiger partial charge in [0, 0.05) is 12.1 Å². The zero-order valence-corrected chi connectivity index (χ0v) is 19.3. The van der Waals surface area contributed by atoms with Crippen molar-refractivity contribution in [3.05, 3.63) is 88.0 Å². The van der Waals surface area contributed by atoms with Crippen molar-refractivity contribution in [1.82, 2.24) is 0 Å². The molecular weight excluding hydrogens is 553 g/mol. The first-order valence-electron chi connectivity index (χ1n) is 7.16. The van der Waals surface area contributed by atoms with Gasteiger partial charge in [-0.25, -0.2) is 0 Å². The van der Waals surface area contributed by atoms with Crippen LogP contribution in [0.4, 0.5) is 22.7 Å². The predicted octanol–water partition coefficient (Wildman–Crippen LogP) is -0.648. The van der Waals surface area contributed by atoms with Gasteiger partial charge < -0.3 is 19.8 Å². The molecule has 0 aliphatic rings. The largest absolute Gasteiger partial charge is 2.00 e. The van der Waals surface area contributed by atoms with Crippen molar-refractivity contribution in [3.63, 3.8) is 0 Å². The zero-order valence-electron chi connectivity index (χ0n) is 14.9. The Balaban J connectivity index is 0.000000562. The number of para-hydroxylation sites is 2. The molecule has 0 fully saturated rings. The monoisotopic (exact) mass is 560 g/mol. The maximum atomic E-state index is 10.5. The van der Waals surface area contributed by atoms with E-state index in [4.69, 9.17) is 0 Å². The number of carbonyl (C=O) groups excluding carboxylic acids is 2. The van der Waals surface area contributed by atoms with Crippen molar-refractivity contribution < 1.29 is 39.5 Å². The van der Waals surface area contributed by atoms with Gasteiger partial charge in [-0.05, 0) is 12.1 Å². The van der Waals surface area contributed by atoms with Crippen LogP contribution < -0.4 is 10.2 Å². The van der Waals surface area contributed by atoms with Gasteiger partial charge in [-0.2, -0.15) is 0 Å². The number of benzene rings is 2. The third-order valence-corrected chi connectivity index (χ3v) is 3.23. The van der Waals surface area contributed by atoms with Gasteiger partial charge in [0.05, 0.1) is 42.8 Å². The summed E-state index contributed by atoms with van der Waals surface area (Å²) in [6.45, 7) is 0. The number of hydrogen-bond acceptors (Lipinski definition) is 12. The zero-order chi connectivity index (χ0) is 23.2. The Morgan fingerprint density at radius 2 is 0.871 bits per heavy atom. The topological polar surface area (TPSA) is 253 Å². The molecule has 31 heavy (non-hydrogen) atoms. The van der Waals surface area contributed by atoms with Gasteiger partial charge in [0.25, 0.3) is 0 Å². The summed E-state index contributed by atoms with van der Waals surface area (Å²) in [5.74, 6) is -3.66. The Morgan fingerprint density at radius 3 is 1.06 bits per heavy atom. The van der Waals surface area contributed by atoms with Crippen LogP contribution in [0, 0.1) is 40.5 Å².